The minimum atomic E-state index is -3.30. The summed E-state index contributed by atoms with van der Waals surface area (Å²) in [4.78, 5) is 27.4. The molecule has 0 spiro atoms. The molecule has 2 aromatic rings. The Kier molecular flexibility index (Phi) is 8.00. The number of benzene rings is 2. The van der Waals surface area contributed by atoms with Crippen molar-refractivity contribution >= 4 is 21.8 Å². The predicted octanol–water partition coefficient (Wildman–Crippen LogP) is 1.33. The SMILES string of the molecule is CS(=O)(=O)N1CCN(C(=O)[C@H](CCCO)NC(=O)c2ccc(-c3ccccc3)cc2)CC1. The van der Waals surface area contributed by atoms with Crippen LogP contribution in [0.25, 0.3) is 11.1 Å². The fourth-order valence-electron chi connectivity index (χ4n) is 3.70. The van der Waals surface area contributed by atoms with Crippen LogP contribution in [-0.2, 0) is 14.8 Å². The molecular formula is C23H29N3O5S. The van der Waals surface area contributed by atoms with E-state index in [0.717, 1.165) is 17.4 Å². The Labute approximate surface area is 188 Å². The van der Waals surface area contributed by atoms with E-state index < -0.39 is 16.1 Å². The third-order valence-corrected chi connectivity index (χ3v) is 6.83. The molecule has 1 saturated heterocycles. The minimum Gasteiger partial charge on any atom is -0.396 e. The Bertz CT molecular complexity index is 1020. The van der Waals surface area contributed by atoms with Gasteiger partial charge in [-0.2, -0.15) is 4.31 Å². The van der Waals surface area contributed by atoms with Gasteiger partial charge in [0.2, 0.25) is 15.9 Å². The summed E-state index contributed by atoms with van der Waals surface area (Å²) in [5.41, 5.74) is 2.47. The van der Waals surface area contributed by atoms with Crippen molar-refractivity contribution in [2.45, 2.75) is 18.9 Å². The van der Waals surface area contributed by atoms with Crippen LogP contribution in [0.1, 0.15) is 23.2 Å². The van der Waals surface area contributed by atoms with Gasteiger partial charge in [0, 0.05) is 38.3 Å². The van der Waals surface area contributed by atoms with E-state index in [9.17, 15) is 23.1 Å². The van der Waals surface area contributed by atoms with Gasteiger partial charge >= 0.3 is 0 Å². The van der Waals surface area contributed by atoms with Gasteiger partial charge in [-0.05, 0) is 36.1 Å². The van der Waals surface area contributed by atoms with Crippen LogP contribution in [0.5, 0.6) is 0 Å². The lowest BCUT2D eigenvalue weighted by Gasteiger charge is -2.35. The molecule has 1 heterocycles. The molecule has 2 amide bonds. The third kappa shape index (κ3) is 6.15. The van der Waals surface area contributed by atoms with Crippen molar-refractivity contribution in [3.8, 4) is 11.1 Å². The van der Waals surface area contributed by atoms with Crippen molar-refractivity contribution in [1.29, 1.82) is 0 Å². The largest absolute Gasteiger partial charge is 0.396 e. The number of carbonyl (C=O) groups is 2. The molecule has 0 bridgehead atoms. The monoisotopic (exact) mass is 459 g/mol. The molecule has 0 aromatic heterocycles. The van der Waals surface area contributed by atoms with Crippen LogP contribution in [0.15, 0.2) is 54.6 Å². The molecule has 9 heteroatoms. The smallest absolute Gasteiger partial charge is 0.251 e. The van der Waals surface area contributed by atoms with Crippen molar-refractivity contribution in [1.82, 2.24) is 14.5 Å². The van der Waals surface area contributed by atoms with Crippen LogP contribution in [0, 0.1) is 0 Å². The van der Waals surface area contributed by atoms with Crippen molar-refractivity contribution < 1.29 is 23.1 Å². The summed E-state index contributed by atoms with van der Waals surface area (Å²) in [6.07, 6.45) is 1.82. The number of hydrogen-bond acceptors (Lipinski definition) is 5. The average Bonchev–Trinajstić information content (AvgIpc) is 2.81. The number of nitrogens with zero attached hydrogens (tertiary/aromatic N) is 2. The standard InChI is InChI=1S/C23H29N3O5S/c1-32(30,31)26-15-13-25(14-16-26)23(29)21(8-5-17-27)24-22(28)20-11-9-19(10-12-20)18-6-3-2-4-7-18/h2-4,6-7,9-12,21,27H,5,8,13-17H2,1H3,(H,24,28)/t21-/m0/s1. The van der Waals surface area contributed by atoms with E-state index >= 15 is 0 Å². The molecule has 172 valence electrons. The number of amides is 2. The predicted molar refractivity (Wildman–Crippen MR) is 122 cm³/mol. The number of sulfonamides is 1. The van der Waals surface area contributed by atoms with Gasteiger partial charge in [-0.15, -0.1) is 0 Å². The topological polar surface area (TPSA) is 107 Å². The number of hydrogen-bond donors (Lipinski definition) is 2. The summed E-state index contributed by atoms with van der Waals surface area (Å²) in [7, 11) is -3.30. The highest BCUT2D eigenvalue weighted by Gasteiger charge is 2.30. The summed E-state index contributed by atoms with van der Waals surface area (Å²) < 4.78 is 24.7. The van der Waals surface area contributed by atoms with Gasteiger partial charge in [0.25, 0.3) is 5.91 Å². The Morgan fingerprint density at radius 2 is 1.56 bits per heavy atom. The van der Waals surface area contributed by atoms with Crippen LogP contribution < -0.4 is 5.32 Å². The van der Waals surface area contributed by atoms with Crippen molar-refractivity contribution in [2.75, 3.05) is 39.0 Å². The van der Waals surface area contributed by atoms with Gasteiger partial charge in [0.1, 0.15) is 6.04 Å². The summed E-state index contributed by atoms with van der Waals surface area (Å²) in [6.45, 7) is 0.901. The molecule has 2 aromatic carbocycles. The summed E-state index contributed by atoms with van der Waals surface area (Å²) in [6, 6.07) is 16.2. The number of aliphatic hydroxyl groups is 1. The number of piperazine rings is 1. The second kappa shape index (κ2) is 10.7. The van der Waals surface area contributed by atoms with Crippen molar-refractivity contribution in [3.05, 3.63) is 60.2 Å². The molecule has 0 saturated carbocycles. The zero-order chi connectivity index (χ0) is 23.1. The number of nitrogens with one attached hydrogen (secondary N) is 1. The maximum absolute atomic E-state index is 13.0. The fraction of sp³-hybridized carbons (Fsp3) is 0.391. The Balaban J connectivity index is 1.66. The molecule has 0 radical (unpaired) electrons. The molecule has 32 heavy (non-hydrogen) atoms. The van der Waals surface area contributed by atoms with Crippen LogP contribution in [-0.4, -0.2) is 79.6 Å². The average molecular weight is 460 g/mol. The summed E-state index contributed by atoms with van der Waals surface area (Å²) in [5.74, 6) is -0.628. The van der Waals surface area contributed by atoms with E-state index in [-0.39, 0.29) is 44.6 Å². The quantitative estimate of drug-likeness (QED) is 0.619. The lowest BCUT2D eigenvalue weighted by molar-refractivity contribution is -0.134. The van der Waals surface area contributed by atoms with Crippen LogP contribution in [0.4, 0.5) is 0 Å². The molecule has 1 fully saturated rings. The van der Waals surface area contributed by atoms with Crippen LogP contribution >= 0.6 is 0 Å². The van der Waals surface area contributed by atoms with Gasteiger partial charge < -0.3 is 15.3 Å². The fourth-order valence-corrected chi connectivity index (χ4v) is 4.53. The zero-order valence-electron chi connectivity index (χ0n) is 18.1. The molecule has 1 atom stereocenters. The van der Waals surface area contributed by atoms with E-state index in [4.69, 9.17) is 0 Å². The first-order valence-electron chi connectivity index (χ1n) is 10.6. The summed E-state index contributed by atoms with van der Waals surface area (Å²) in [5, 5.41) is 12.0. The first kappa shape index (κ1) is 23.9. The second-order valence-electron chi connectivity index (χ2n) is 7.82. The Morgan fingerprint density at radius 3 is 2.12 bits per heavy atom. The number of carbonyl (C=O) groups excluding carboxylic acids is 2. The van der Waals surface area contributed by atoms with E-state index in [1.54, 1.807) is 17.0 Å². The van der Waals surface area contributed by atoms with E-state index in [1.807, 2.05) is 42.5 Å². The highest BCUT2D eigenvalue weighted by atomic mass is 32.2. The van der Waals surface area contributed by atoms with Gasteiger partial charge in [0.15, 0.2) is 0 Å². The van der Waals surface area contributed by atoms with Gasteiger partial charge in [-0.1, -0.05) is 42.5 Å². The second-order valence-corrected chi connectivity index (χ2v) is 9.81. The zero-order valence-corrected chi connectivity index (χ0v) is 18.9. The molecule has 1 aliphatic rings. The van der Waals surface area contributed by atoms with Crippen molar-refractivity contribution in [3.63, 3.8) is 0 Å². The molecule has 2 N–H and O–H groups in total. The highest BCUT2D eigenvalue weighted by Crippen LogP contribution is 2.19. The molecule has 1 aliphatic heterocycles. The maximum atomic E-state index is 13.0. The Morgan fingerprint density at radius 1 is 0.969 bits per heavy atom. The molecule has 0 unspecified atom stereocenters. The Hall–Kier alpha value is -2.75. The number of rotatable bonds is 8. The van der Waals surface area contributed by atoms with Gasteiger partial charge in [-0.25, -0.2) is 8.42 Å². The van der Waals surface area contributed by atoms with E-state index in [1.165, 1.54) is 4.31 Å². The molecule has 0 aliphatic carbocycles. The van der Waals surface area contributed by atoms with E-state index in [0.29, 0.717) is 18.4 Å². The molecule has 3 rings (SSSR count). The highest BCUT2D eigenvalue weighted by molar-refractivity contribution is 7.88. The lowest BCUT2D eigenvalue weighted by Crippen LogP contribution is -2.55. The first-order chi connectivity index (χ1) is 15.3. The molecular weight excluding hydrogens is 430 g/mol. The minimum absolute atomic E-state index is 0.0900. The third-order valence-electron chi connectivity index (χ3n) is 5.53. The van der Waals surface area contributed by atoms with E-state index in [2.05, 4.69) is 5.32 Å². The number of aliphatic hydroxyl groups excluding tert-OH is 1. The first-order valence-corrected chi connectivity index (χ1v) is 12.5. The lowest BCUT2D eigenvalue weighted by atomic mass is 10.0. The van der Waals surface area contributed by atoms with Crippen molar-refractivity contribution in [2.24, 2.45) is 0 Å². The maximum Gasteiger partial charge on any atom is 0.251 e. The normalized spacial score (nSPS) is 15.9. The van der Waals surface area contributed by atoms with Crippen LogP contribution in [0.2, 0.25) is 0 Å². The van der Waals surface area contributed by atoms with Gasteiger partial charge in [-0.3, -0.25) is 9.59 Å². The molecule has 8 nitrogen and oxygen atoms in total. The summed E-state index contributed by atoms with van der Waals surface area (Å²) >= 11 is 0. The van der Waals surface area contributed by atoms with Gasteiger partial charge in [0.05, 0.1) is 6.26 Å². The van der Waals surface area contributed by atoms with Crippen LogP contribution in [0.3, 0.4) is 0 Å².